The highest BCUT2D eigenvalue weighted by Crippen LogP contribution is 2.25. The summed E-state index contributed by atoms with van der Waals surface area (Å²) in [6.07, 6.45) is 1.37. The van der Waals surface area contributed by atoms with E-state index in [0.29, 0.717) is 22.8 Å². The molecule has 0 radical (unpaired) electrons. The number of esters is 1. The number of furan rings is 1. The van der Waals surface area contributed by atoms with E-state index in [9.17, 15) is 14.9 Å². The van der Waals surface area contributed by atoms with Gasteiger partial charge >= 0.3 is 5.97 Å². The lowest BCUT2D eigenvalue weighted by Gasteiger charge is -2.06. The molecule has 7 nitrogen and oxygen atoms in total. The fourth-order valence-corrected chi connectivity index (χ4v) is 2.73. The van der Waals surface area contributed by atoms with E-state index < -0.39 is 11.9 Å². The van der Waals surface area contributed by atoms with Gasteiger partial charge in [0.2, 0.25) is 0 Å². The summed E-state index contributed by atoms with van der Waals surface area (Å²) in [6, 6.07) is 18.8. The number of nitriles is 1. The summed E-state index contributed by atoms with van der Waals surface area (Å²) in [5.74, 6) is 0.669. The second-order valence-electron chi connectivity index (χ2n) is 6.35. The summed E-state index contributed by atoms with van der Waals surface area (Å²) in [4.78, 5) is 24.2. The predicted octanol–water partition coefficient (Wildman–Crippen LogP) is 4.68. The van der Waals surface area contributed by atoms with Gasteiger partial charge in [0.15, 0.2) is 0 Å². The molecule has 0 saturated carbocycles. The SMILES string of the molecule is CCOC(=O)c1ccc(NC(=O)/C(C#N)=C\c2ccc(-c3ccc(OC)cc3)o2)cc1. The summed E-state index contributed by atoms with van der Waals surface area (Å²) >= 11 is 0. The van der Waals surface area contributed by atoms with Crippen molar-refractivity contribution in [1.29, 1.82) is 5.26 Å². The van der Waals surface area contributed by atoms with Gasteiger partial charge in [-0.05, 0) is 67.6 Å². The molecule has 1 aromatic heterocycles. The summed E-state index contributed by atoms with van der Waals surface area (Å²) < 4.78 is 15.8. The highest BCUT2D eigenvalue weighted by Gasteiger charge is 2.13. The van der Waals surface area contributed by atoms with Crippen LogP contribution in [0.4, 0.5) is 5.69 Å². The Labute approximate surface area is 179 Å². The lowest BCUT2D eigenvalue weighted by molar-refractivity contribution is -0.112. The first-order valence-electron chi connectivity index (χ1n) is 9.48. The predicted molar refractivity (Wildman–Crippen MR) is 115 cm³/mol. The minimum absolute atomic E-state index is 0.120. The van der Waals surface area contributed by atoms with Crippen molar-refractivity contribution in [3.63, 3.8) is 0 Å². The molecule has 3 rings (SSSR count). The molecule has 0 aliphatic rings. The number of rotatable bonds is 7. The van der Waals surface area contributed by atoms with Crippen LogP contribution in [0.3, 0.4) is 0 Å². The first-order valence-corrected chi connectivity index (χ1v) is 9.48. The Morgan fingerprint density at radius 2 is 1.77 bits per heavy atom. The minimum Gasteiger partial charge on any atom is -0.497 e. The fraction of sp³-hybridized carbons (Fsp3) is 0.125. The van der Waals surface area contributed by atoms with Crippen molar-refractivity contribution in [2.75, 3.05) is 19.0 Å². The molecular formula is C24H20N2O5. The smallest absolute Gasteiger partial charge is 0.338 e. The Morgan fingerprint density at radius 1 is 1.06 bits per heavy atom. The zero-order valence-electron chi connectivity index (χ0n) is 17.0. The number of methoxy groups -OCH3 is 1. The zero-order chi connectivity index (χ0) is 22.2. The van der Waals surface area contributed by atoms with Crippen molar-refractivity contribution in [2.45, 2.75) is 6.92 Å². The summed E-state index contributed by atoms with van der Waals surface area (Å²) in [6.45, 7) is 2.00. The molecular weight excluding hydrogens is 396 g/mol. The second-order valence-corrected chi connectivity index (χ2v) is 6.35. The molecule has 0 aliphatic carbocycles. The van der Waals surface area contributed by atoms with Crippen molar-refractivity contribution in [1.82, 2.24) is 0 Å². The van der Waals surface area contributed by atoms with Gasteiger partial charge in [-0.3, -0.25) is 4.79 Å². The van der Waals surface area contributed by atoms with Crippen LogP contribution in [-0.2, 0) is 9.53 Å². The van der Waals surface area contributed by atoms with Gasteiger partial charge in [-0.25, -0.2) is 4.79 Å². The van der Waals surface area contributed by atoms with Crippen LogP contribution in [0.2, 0.25) is 0 Å². The normalized spacial score (nSPS) is 10.8. The number of nitrogens with zero attached hydrogens (tertiary/aromatic N) is 1. The first kappa shape index (κ1) is 21.4. The molecule has 2 aromatic carbocycles. The summed E-state index contributed by atoms with van der Waals surface area (Å²) in [7, 11) is 1.59. The molecule has 31 heavy (non-hydrogen) atoms. The highest BCUT2D eigenvalue weighted by molar-refractivity contribution is 6.09. The third-order valence-corrected chi connectivity index (χ3v) is 4.31. The van der Waals surface area contributed by atoms with Crippen molar-refractivity contribution in [3.8, 4) is 23.1 Å². The van der Waals surface area contributed by atoms with E-state index in [-0.39, 0.29) is 12.2 Å². The van der Waals surface area contributed by atoms with Gasteiger partial charge in [0.1, 0.15) is 28.9 Å². The van der Waals surface area contributed by atoms with Gasteiger partial charge in [0.25, 0.3) is 5.91 Å². The molecule has 0 spiro atoms. The molecule has 156 valence electrons. The number of hydrogen-bond acceptors (Lipinski definition) is 6. The van der Waals surface area contributed by atoms with E-state index in [1.165, 1.54) is 18.2 Å². The van der Waals surface area contributed by atoms with Crippen molar-refractivity contribution >= 4 is 23.6 Å². The number of ether oxygens (including phenoxy) is 2. The van der Waals surface area contributed by atoms with Crippen LogP contribution >= 0.6 is 0 Å². The van der Waals surface area contributed by atoms with Gasteiger partial charge in [0.05, 0.1) is 19.3 Å². The molecule has 0 fully saturated rings. The molecule has 7 heteroatoms. The molecule has 1 N–H and O–H groups in total. The maximum absolute atomic E-state index is 12.5. The van der Waals surface area contributed by atoms with Crippen LogP contribution in [-0.4, -0.2) is 25.6 Å². The number of carbonyl (C=O) groups is 2. The summed E-state index contributed by atoms with van der Waals surface area (Å²) in [5, 5.41) is 12.0. The summed E-state index contributed by atoms with van der Waals surface area (Å²) in [5.41, 5.74) is 1.53. The van der Waals surface area contributed by atoms with Gasteiger partial charge in [0, 0.05) is 17.3 Å². The van der Waals surface area contributed by atoms with Crippen LogP contribution in [0, 0.1) is 11.3 Å². The number of hydrogen-bond donors (Lipinski definition) is 1. The van der Waals surface area contributed by atoms with E-state index in [0.717, 1.165) is 11.3 Å². The number of anilines is 1. The maximum atomic E-state index is 12.5. The monoisotopic (exact) mass is 416 g/mol. The fourth-order valence-electron chi connectivity index (χ4n) is 2.73. The topological polar surface area (TPSA) is 102 Å². The largest absolute Gasteiger partial charge is 0.497 e. The number of carbonyl (C=O) groups excluding carboxylic acids is 2. The van der Waals surface area contributed by atoms with E-state index in [1.54, 1.807) is 38.3 Å². The van der Waals surface area contributed by atoms with E-state index >= 15 is 0 Å². The Bertz CT molecular complexity index is 1140. The lowest BCUT2D eigenvalue weighted by Crippen LogP contribution is -2.13. The van der Waals surface area contributed by atoms with Crippen LogP contribution in [0.1, 0.15) is 23.0 Å². The Kier molecular flexibility index (Phi) is 6.86. The molecule has 3 aromatic rings. The number of nitrogens with one attached hydrogen (secondary N) is 1. The van der Waals surface area contributed by atoms with Crippen molar-refractivity contribution in [3.05, 3.63) is 77.6 Å². The van der Waals surface area contributed by atoms with Gasteiger partial charge in [-0.15, -0.1) is 0 Å². The molecule has 0 saturated heterocycles. The van der Waals surface area contributed by atoms with Crippen molar-refractivity contribution in [2.24, 2.45) is 0 Å². The molecule has 0 bridgehead atoms. The number of benzene rings is 2. The van der Waals surface area contributed by atoms with Crippen LogP contribution in [0.15, 0.2) is 70.7 Å². The lowest BCUT2D eigenvalue weighted by atomic mass is 10.1. The standard InChI is InChI=1S/C24H20N2O5/c1-3-30-24(28)17-4-8-19(9-5-17)26-23(27)18(15-25)14-21-12-13-22(31-21)16-6-10-20(29-2)11-7-16/h4-14H,3H2,1-2H3,(H,26,27)/b18-14-. The zero-order valence-corrected chi connectivity index (χ0v) is 17.0. The van der Waals surface area contributed by atoms with Crippen molar-refractivity contribution < 1.29 is 23.5 Å². The Morgan fingerprint density at radius 3 is 2.39 bits per heavy atom. The Balaban J connectivity index is 1.71. The molecule has 0 atom stereocenters. The third-order valence-electron chi connectivity index (χ3n) is 4.31. The molecule has 1 heterocycles. The second kappa shape index (κ2) is 9.94. The molecule has 0 unspecified atom stereocenters. The maximum Gasteiger partial charge on any atom is 0.338 e. The van der Waals surface area contributed by atoms with E-state index in [4.69, 9.17) is 13.9 Å². The first-order chi connectivity index (χ1) is 15.0. The van der Waals surface area contributed by atoms with Gasteiger partial charge < -0.3 is 19.2 Å². The molecule has 0 aliphatic heterocycles. The van der Waals surface area contributed by atoms with Crippen LogP contribution in [0.25, 0.3) is 17.4 Å². The van der Waals surface area contributed by atoms with E-state index in [2.05, 4.69) is 5.32 Å². The average molecular weight is 416 g/mol. The van der Waals surface area contributed by atoms with E-state index in [1.807, 2.05) is 30.3 Å². The van der Waals surface area contributed by atoms with Crippen LogP contribution < -0.4 is 10.1 Å². The highest BCUT2D eigenvalue weighted by atomic mass is 16.5. The number of amides is 1. The van der Waals surface area contributed by atoms with Gasteiger partial charge in [-0.2, -0.15) is 5.26 Å². The third kappa shape index (κ3) is 5.40. The molecule has 1 amide bonds. The average Bonchev–Trinajstić information content (AvgIpc) is 3.26. The minimum atomic E-state index is -0.589. The Hall–Kier alpha value is -4.31. The quantitative estimate of drug-likeness (QED) is 0.341. The van der Waals surface area contributed by atoms with Gasteiger partial charge in [-0.1, -0.05) is 0 Å². The van der Waals surface area contributed by atoms with Crippen LogP contribution in [0.5, 0.6) is 5.75 Å².